The van der Waals surface area contributed by atoms with Crippen LogP contribution in [0.2, 0.25) is 0 Å². The molecule has 21 heavy (non-hydrogen) atoms. The van der Waals surface area contributed by atoms with E-state index < -0.39 is 0 Å². The standard InChI is InChI=1S/C17H19N3O/c1-2-15-17(19-11-12-6-4-3-5-7-12)20-14-9-8-13(18)10-16(14)21-15/h3-10,15H,2,11,18H2,1H3,(H,19,20). The van der Waals surface area contributed by atoms with Gasteiger partial charge in [-0.3, -0.25) is 4.99 Å². The molecular weight excluding hydrogens is 262 g/mol. The SMILES string of the molecule is CCC1Oc2cc(N)ccc2NC1=NCc1ccccc1. The van der Waals surface area contributed by atoms with Crippen molar-refractivity contribution in [1.82, 2.24) is 0 Å². The van der Waals surface area contributed by atoms with Crippen LogP contribution >= 0.6 is 0 Å². The second kappa shape index (κ2) is 5.87. The van der Waals surface area contributed by atoms with Gasteiger partial charge in [0, 0.05) is 11.8 Å². The summed E-state index contributed by atoms with van der Waals surface area (Å²) in [4.78, 5) is 4.68. The molecule has 0 amide bonds. The summed E-state index contributed by atoms with van der Waals surface area (Å²) in [7, 11) is 0. The maximum atomic E-state index is 5.99. The molecule has 2 aromatic carbocycles. The predicted octanol–water partition coefficient (Wildman–Crippen LogP) is 3.45. The van der Waals surface area contributed by atoms with Gasteiger partial charge in [0.15, 0.2) is 6.10 Å². The Labute approximate surface area is 124 Å². The van der Waals surface area contributed by atoms with Gasteiger partial charge in [0.1, 0.15) is 11.6 Å². The summed E-state index contributed by atoms with van der Waals surface area (Å²) in [6.45, 7) is 2.73. The van der Waals surface area contributed by atoms with Crippen LogP contribution in [0.25, 0.3) is 0 Å². The smallest absolute Gasteiger partial charge is 0.155 e. The molecule has 1 unspecified atom stereocenters. The topological polar surface area (TPSA) is 59.6 Å². The van der Waals surface area contributed by atoms with Gasteiger partial charge in [0.25, 0.3) is 0 Å². The molecule has 108 valence electrons. The lowest BCUT2D eigenvalue weighted by atomic mass is 10.1. The van der Waals surface area contributed by atoms with Crippen molar-refractivity contribution in [2.45, 2.75) is 26.0 Å². The minimum atomic E-state index is -0.0528. The van der Waals surface area contributed by atoms with E-state index in [9.17, 15) is 0 Å². The van der Waals surface area contributed by atoms with Gasteiger partial charge in [0.2, 0.25) is 0 Å². The number of fused-ring (bicyclic) bond motifs is 1. The number of nitrogens with one attached hydrogen (secondary N) is 1. The molecule has 0 radical (unpaired) electrons. The van der Waals surface area contributed by atoms with E-state index in [1.807, 2.05) is 36.4 Å². The van der Waals surface area contributed by atoms with Crippen molar-refractivity contribution in [3.8, 4) is 5.75 Å². The van der Waals surface area contributed by atoms with Crippen LogP contribution in [-0.4, -0.2) is 11.9 Å². The second-order valence-corrected chi connectivity index (χ2v) is 5.08. The Balaban J connectivity index is 1.83. The highest BCUT2D eigenvalue weighted by Gasteiger charge is 2.24. The predicted molar refractivity (Wildman–Crippen MR) is 86.8 cm³/mol. The zero-order chi connectivity index (χ0) is 14.7. The molecule has 1 atom stereocenters. The normalized spacial score (nSPS) is 18.7. The molecule has 2 aromatic rings. The number of benzene rings is 2. The molecule has 1 aliphatic heterocycles. The zero-order valence-electron chi connectivity index (χ0n) is 12.0. The lowest BCUT2D eigenvalue weighted by Gasteiger charge is -2.28. The minimum absolute atomic E-state index is 0.0528. The van der Waals surface area contributed by atoms with Gasteiger partial charge in [-0.25, -0.2) is 0 Å². The summed E-state index contributed by atoms with van der Waals surface area (Å²) < 4.78 is 5.99. The molecule has 0 saturated carbocycles. The minimum Gasteiger partial charge on any atom is -0.480 e. The van der Waals surface area contributed by atoms with Gasteiger partial charge in [-0.1, -0.05) is 37.3 Å². The Hall–Kier alpha value is -2.49. The average Bonchev–Trinajstić information content (AvgIpc) is 2.53. The fourth-order valence-electron chi connectivity index (χ4n) is 2.35. The third kappa shape index (κ3) is 2.99. The van der Waals surface area contributed by atoms with Crippen LogP contribution in [0.3, 0.4) is 0 Å². The Morgan fingerprint density at radius 3 is 2.76 bits per heavy atom. The first-order chi connectivity index (χ1) is 10.3. The number of anilines is 2. The first-order valence-corrected chi connectivity index (χ1v) is 7.17. The average molecular weight is 281 g/mol. The molecule has 1 heterocycles. The Morgan fingerprint density at radius 1 is 1.19 bits per heavy atom. The van der Waals surface area contributed by atoms with Crippen molar-refractivity contribution >= 4 is 17.2 Å². The van der Waals surface area contributed by atoms with Crippen molar-refractivity contribution in [1.29, 1.82) is 0 Å². The van der Waals surface area contributed by atoms with E-state index >= 15 is 0 Å². The van der Waals surface area contributed by atoms with Crippen molar-refractivity contribution in [3.05, 3.63) is 54.1 Å². The van der Waals surface area contributed by atoms with Crippen molar-refractivity contribution in [2.24, 2.45) is 4.99 Å². The summed E-state index contributed by atoms with van der Waals surface area (Å²) in [5.74, 6) is 1.67. The van der Waals surface area contributed by atoms with Gasteiger partial charge < -0.3 is 15.8 Å². The maximum absolute atomic E-state index is 5.99. The first kappa shape index (κ1) is 13.5. The van der Waals surface area contributed by atoms with Crippen LogP contribution in [0.5, 0.6) is 5.75 Å². The fourth-order valence-corrected chi connectivity index (χ4v) is 2.35. The number of nitrogens with two attached hydrogens (primary N) is 1. The molecule has 0 saturated heterocycles. The molecule has 3 rings (SSSR count). The van der Waals surface area contributed by atoms with Crippen LogP contribution in [0.1, 0.15) is 18.9 Å². The lowest BCUT2D eigenvalue weighted by Crippen LogP contribution is -2.36. The molecular formula is C17H19N3O. The maximum Gasteiger partial charge on any atom is 0.155 e. The number of hydrogen-bond donors (Lipinski definition) is 2. The van der Waals surface area contributed by atoms with E-state index in [0.717, 1.165) is 23.7 Å². The number of hydrogen-bond acceptors (Lipinski definition) is 3. The largest absolute Gasteiger partial charge is 0.480 e. The second-order valence-electron chi connectivity index (χ2n) is 5.08. The number of amidine groups is 1. The Kier molecular flexibility index (Phi) is 3.77. The van der Waals surface area contributed by atoms with Crippen LogP contribution in [-0.2, 0) is 6.54 Å². The van der Waals surface area contributed by atoms with Gasteiger partial charge in [0.05, 0.1) is 12.2 Å². The van der Waals surface area contributed by atoms with Gasteiger partial charge in [-0.2, -0.15) is 0 Å². The number of aliphatic imine (C=N–C) groups is 1. The summed E-state index contributed by atoms with van der Waals surface area (Å²) in [6.07, 6.45) is 0.803. The quantitative estimate of drug-likeness (QED) is 0.847. The van der Waals surface area contributed by atoms with Crippen molar-refractivity contribution in [2.75, 3.05) is 11.1 Å². The van der Waals surface area contributed by atoms with E-state index in [1.165, 1.54) is 5.56 Å². The van der Waals surface area contributed by atoms with E-state index in [-0.39, 0.29) is 6.10 Å². The lowest BCUT2D eigenvalue weighted by molar-refractivity contribution is 0.258. The van der Waals surface area contributed by atoms with Crippen LogP contribution in [0.4, 0.5) is 11.4 Å². The van der Waals surface area contributed by atoms with Crippen molar-refractivity contribution in [3.63, 3.8) is 0 Å². The summed E-state index contributed by atoms with van der Waals surface area (Å²) >= 11 is 0. The summed E-state index contributed by atoms with van der Waals surface area (Å²) in [6, 6.07) is 15.8. The van der Waals surface area contributed by atoms with Gasteiger partial charge in [-0.05, 0) is 24.1 Å². The molecule has 0 aliphatic carbocycles. The summed E-state index contributed by atoms with van der Waals surface area (Å²) in [5.41, 5.74) is 8.61. The zero-order valence-corrected chi connectivity index (χ0v) is 12.0. The Bertz CT molecular complexity index is 652. The molecule has 0 aromatic heterocycles. The number of nitrogen functional groups attached to an aromatic ring is 1. The third-order valence-corrected chi connectivity index (χ3v) is 3.49. The summed E-state index contributed by atoms with van der Waals surface area (Å²) in [5, 5.41) is 3.36. The first-order valence-electron chi connectivity index (χ1n) is 7.17. The molecule has 3 N–H and O–H groups in total. The molecule has 1 aliphatic rings. The highest BCUT2D eigenvalue weighted by Crippen LogP contribution is 2.32. The molecule has 0 fully saturated rings. The highest BCUT2D eigenvalue weighted by molar-refractivity contribution is 6.02. The Morgan fingerprint density at radius 2 is 2.00 bits per heavy atom. The number of ether oxygens (including phenoxy) is 1. The molecule has 0 bridgehead atoms. The molecule has 0 spiro atoms. The fraction of sp³-hybridized carbons (Fsp3) is 0.235. The van der Waals surface area contributed by atoms with Crippen LogP contribution < -0.4 is 15.8 Å². The number of nitrogens with zero attached hydrogens (tertiary/aromatic N) is 1. The number of rotatable bonds is 3. The van der Waals surface area contributed by atoms with E-state index in [4.69, 9.17) is 10.5 Å². The molecule has 4 heteroatoms. The van der Waals surface area contributed by atoms with Crippen LogP contribution in [0.15, 0.2) is 53.5 Å². The van der Waals surface area contributed by atoms with E-state index in [2.05, 4.69) is 29.4 Å². The molecule has 4 nitrogen and oxygen atoms in total. The monoisotopic (exact) mass is 281 g/mol. The van der Waals surface area contributed by atoms with Gasteiger partial charge >= 0.3 is 0 Å². The third-order valence-electron chi connectivity index (χ3n) is 3.49. The van der Waals surface area contributed by atoms with E-state index in [1.54, 1.807) is 0 Å². The highest BCUT2D eigenvalue weighted by atomic mass is 16.5. The van der Waals surface area contributed by atoms with Gasteiger partial charge in [-0.15, -0.1) is 0 Å². The van der Waals surface area contributed by atoms with E-state index in [0.29, 0.717) is 12.2 Å². The van der Waals surface area contributed by atoms with Crippen LogP contribution in [0, 0.1) is 0 Å². The van der Waals surface area contributed by atoms with Crippen molar-refractivity contribution < 1.29 is 4.74 Å².